The van der Waals surface area contributed by atoms with E-state index in [9.17, 15) is 19.5 Å². The van der Waals surface area contributed by atoms with Crippen LogP contribution in [0.15, 0.2) is 25.3 Å². The van der Waals surface area contributed by atoms with E-state index in [1.807, 2.05) is 13.8 Å². The third-order valence-electron chi connectivity index (χ3n) is 7.79. The second kappa shape index (κ2) is 10.6. The number of nitrogens with zero attached hydrogens (tertiary/aromatic N) is 2. The Morgan fingerprint density at radius 2 is 2.06 bits per heavy atom. The molecule has 6 atom stereocenters. The number of fused-ring (bicyclic) bond motifs is 1. The van der Waals surface area contributed by atoms with E-state index in [1.165, 1.54) is 4.90 Å². The standard InChI is InChI=1S/C26H40N2O6/c1-6-10-15-27(14-8-3)23(31)21-26-13-12-25(5,34-26)20(24(32)33-16-11-7-2)19(26)22(30)28(21)18(9-4)17-29/h7-8,18-21,29H,2-3,6,9-17H2,1,4-5H3/t18-,19-,20-,21?,25+,26?/m0/s1. The molecule has 8 nitrogen and oxygen atoms in total. The molecule has 3 fully saturated rings. The van der Waals surface area contributed by atoms with Crippen LogP contribution in [0.5, 0.6) is 0 Å². The Balaban J connectivity index is 2.05. The van der Waals surface area contributed by atoms with Crippen molar-refractivity contribution in [1.82, 2.24) is 9.80 Å². The highest BCUT2D eigenvalue weighted by Gasteiger charge is 2.79. The molecule has 3 saturated heterocycles. The Bertz CT molecular complexity index is 811. The molecule has 190 valence electrons. The van der Waals surface area contributed by atoms with Crippen molar-refractivity contribution in [3.63, 3.8) is 0 Å². The average Bonchev–Trinajstić information content (AvgIpc) is 3.38. The number of ether oxygens (including phenoxy) is 2. The normalized spacial score (nSPS) is 32.4. The van der Waals surface area contributed by atoms with E-state index in [0.29, 0.717) is 38.8 Å². The van der Waals surface area contributed by atoms with Gasteiger partial charge < -0.3 is 24.4 Å². The predicted octanol–water partition coefficient (Wildman–Crippen LogP) is 2.46. The molecule has 8 heteroatoms. The largest absolute Gasteiger partial charge is 0.465 e. The molecular weight excluding hydrogens is 436 g/mol. The van der Waals surface area contributed by atoms with Crippen molar-refractivity contribution in [2.45, 2.75) is 82.6 Å². The van der Waals surface area contributed by atoms with E-state index in [1.54, 1.807) is 17.1 Å². The number of carbonyl (C=O) groups is 3. The van der Waals surface area contributed by atoms with Crippen molar-refractivity contribution in [3.8, 4) is 0 Å². The van der Waals surface area contributed by atoms with Crippen LogP contribution in [0.1, 0.15) is 59.3 Å². The summed E-state index contributed by atoms with van der Waals surface area (Å²) in [7, 11) is 0. The second-order valence-corrected chi connectivity index (χ2v) is 9.89. The van der Waals surface area contributed by atoms with Gasteiger partial charge in [0.1, 0.15) is 17.6 Å². The molecular formula is C26H40N2O6. The van der Waals surface area contributed by atoms with Crippen molar-refractivity contribution in [3.05, 3.63) is 25.3 Å². The van der Waals surface area contributed by atoms with Crippen molar-refractivity contribution in [2.24, 2.45) is 11.8 Å². The number of hydrogen-bond donors (Lipinski definition) is 1. The molecule has 34 heavy (non-hydrogen) atoms. The lowest BCUT2D eigenvalue weighted by atomic mass is 9.66. The van der Waals surface area contributed by atoms with Gasteiger partial charge in [-0.15, -0.1) is 13.2 Å². The van der Waals surface area contributed by atoms with Crippen molar-refractivity contribution in [2.75, 3.05) is 26.3 Å². The SMILES string of the molecule is C=CCCOC(=O)[C@@H]1[C@H]2C(=O)N([C@@H](CC)CO)C(C(=O)N(CC=C)CCCC)C23CC[C@@]1(C)O3. The Hall–Kier alpha value is -2.19. The maximum atomic E-state index is 14.0. The molecule has 0 aromatic heterocycles. The number of esters is 1. The number of unbranched alkanes of at least 4 members (excludes halogenated alkanes) is 1. The molecule has 2 unspecified atom stereocenters. The van der Waals surface area contributed by atoms with Crippen LogP contribution in [-0.2, 0) is 23.9 Å². The lowest BCUT2D eigenvalue weighted by Gasteiger charge is -2.39. The summed E-state index contributed by atoms with van der Waals surface area (Å²) in [5.41, 5.74) is -1.98. The summed E-state index contributed by atoms with van der Waals surface area (Å²) in [4.78, 5) is 44.4. The quantitative estimate of drug-likeness (QED) is 0.249. The Labute approximate surface area is 202 Å². The van der Waals surface area contributed by atoms with Gasteiger partial charge in [0, 0.05) is 13.1 Å². The maximum Gasteiger partial charge on any atom is 0.312 e. The van der Waals surface area contributed by atoms with Gasteiger partial charge in [-0.3, -0.25) is 14.4 Å². The molecule has 1 N–H and O–H groups in total. The van der Waals surface area contributed by atoms with Gasteiger partial charge in [0.2, 0.25) is 11.8 Å². The number of rotatable bonds is 13. The predicted molar refractivity (Wildman–Crippen MR) is 128 cm³/mol. The molecule has 3 aliphatic rings. The van der Waals surface area contributed by atoms with Crippen LogP contribution in [0.2, 0.25) is 0 Å². The van der Waals surface area contributed by atoms with E-state index < -0.39 is 41.1 Å². The molecule has 0 aromatic rings. The van der Waals surface area contributed by atoms with Gasteiger partial charge in [0.25, 0.3) is 0 Å². The molecule has 0 saturated carbocycles. The van der Waals surface area contributed by atoms with E-state index in [0.717, 1.165) is 12.8 Å². The van der Waals surface area contributed by atoms with Gasteiger partial charge in [-0.1, -0.05) is 32.4 Å². The lowest BCUT2D eigenvalue weighted by molar-refractivity contribution is -0.162. The highest BCUT2D eigenvalue weighted by Crippen LogP contribution is 2.63. The first-order valence-corrected chi connectivity index (χ1v) is 12.6. The van der Waals surface area contributed by atoms with E-state index in [4.69, 9.17) is 9.47 Å². The number of likely N-dealkylation sites (tertiary alicyclic amines) is 1. The summed E-state index contributed by atoms with van der Waals surface area (Å²) in [6.07, 6.45) is 7.15. The molecule has 0 aliphatic carbocycles. The van der Waals surface area contributed by atoms with Gasteiger partial charge in [-0.25, -0.2) is 0 Å². The fourth-order valence-electron chi connectivity index (χ4n) is 6.11. The number of hydrogen-bond acceptors (Lipinski definition) is 6. The summed E-state index contributed by atoms with van der Waals surface area (Å²) in [6.45, 7) is 14.1. The monoisotopic (exact) mass is 476 g/mol. The molecule has 0 radical (unpaired) electrons. The number of aliphatic hydroxyl groups is 1. The fourth-order valence-corrected chi connectivity index (χ4v) is 6.11. The molecule has 2 bridgehead atoms. The van der Waals surface area contributed by atoms with Crippen LogP contribution in [0.4, 0.5) is 0 Å². The topological polar surface area (TPSA) is 96.4 Å². The highest BCUT2D eigenvalue weighted by molar-refractivity contribution is 5.98. The Morgan fingerprint density at radius 3 is 2.65 bits per heavy atom. The number of amides is 2. The molecule has 0 aromatic carbocycles. The van der Waals surface area contributed by atoms with Crippen LogP contribution in [0.3, 0.4) is 0 Å². The molecule has 3 aliphatic heterocycles. The number of carbonyl (C=O) groups excluding carboxylic acids is 3. The van der Waals surface area contributed by atoms with Crippen molar-refractivity contribution >= 4 is 17.8 Å². The van der Waals surface area contributed by atoms with Crippen LogP contribution < -0.4 is 0 Å². The van der Waals surface area contributed by atoms with Gasteiger partial charge >= 0.3 is 5.97 Å². The smallest absolute Gasteiger partial charge is 0.312 e. The zero-order valence-electron chi connectivity index (χ0n) is 20.8. The van der Waals surface area contributed by atoms with Crippen LogP contribution in [-0.4, -0.2) is 82.3 Å². The first-order valence-electron chi connectivity index (χ1n) is 12.6. The molecule has 3 heterocycles. The zero-order chi connectivity index (χ0) is 25.1. The zero-order valence-corrected chi connectivity index (χ0v) is 20.8. The molecule has 1 spiro atoms. The summed E-state index contributed by atoms with van der Waals surface area (Å²) in [6, 6.07) is -1.43. The van der Waals surface area contributed by atoms with Gasteiger partial charge in [-0.05, 0) is 39.0 Å². The van der Waals surface area contributed by atoms with E-state index in [-0.39, 0.29) is 25.0 Å². The summed E-state index contributed by atoms with van der Waals surface area (Å²) in [5, 5.41) is 10.1. The Kier molecular flexibility index (Phi) is 8.24. The van der Waals surface area contributed by atoms with Gasteiger partial charge in [-0.2, -0.15) is 0 Å². The lowest BCUT2D eigenvalue weighted by Crippen LogP contribution is -2.58. The summed E-state index contributed by atoms with van der Waals surface area (Å²) < 4.78 is 12.1. The first-order chi connectivity index (χ1) is 16.3. The van der Waals surface area contributed by atoms with E-state index >= 15 is 0 Å². The van der Waals surface area contributed by atoms with Crippen molar-refractivity contribution < 1.29 is 29.0 Å². The van der Waals surface area contributed by atoms with Gasteiger partial charge in [0.15, 0.2) is 0 Å². The maximum absolute atomic E-state index is 14.0. The van der Waals surface area contributed by atoms with Crippen LogP contribution in [0, 0.1) is 11.8 Å². The minimum Gasteiger partial charge on any atom is -0.465 e. The number of aliphatic hydroxyl groups excluding tert-OH is 1. The van der Waals surface area contributed by atoms with Crippen molar-refractivity contribution in [1.29, 1.82) is 0 Å². The first kappa shape index (κ1) is 26.4. The van der Waals surface area contributed by atoms with Gasteiger partial charge in [0.05, 0.1) is 30.8 Å². The second-order valence-electron chi connectivity index (χ2n) is 9.89. The van der Waals surface area contributed by atoms with E-state index in [2.05, 4.69) is 20.1 Å². The molecule has 2 amide bonds. The summed E-state index contributed by atoms with van der Waals surface area (Å²) >= 11 is 0. The van der Waals surface area contributed by atoms with Crippen LogP contribution in [0.25, 0.3) is 0 Å². The fraction of sp³-hybridized carbons (Fsp3) is 0.731. The summed E-state index contributed by atoms with van der Waals surface area (Å²) in [5.74, 6) is -2.58. The minimum atomic E-state index is -1.11. The van der Waals surface area contributed by atoms with Crippen LogP contribution >= 0.6 is 0 Å². The average molecular weight is 477 g/mol. The highest BCUT2D eigenvalue weighted by atomic mass is 16.6. The Morgan fingerprint density at radius 1 is 1.32 bits per heavy atom. The minimum absolute atomic E-state index is 0.188. The third-order valence-corrected chi connectivity index (χ3v) is 7.79. The third kappa shape index (κ3) is 4.19. The molecule has 3 rings (SSSR count).